The molecule has 4 atom stereocenters. The van der Waals surface area contributed by atoms with E-state index < -0.39 is 5.97 Å². The number of hydrogen-bond acceptors (Lipinski definition) is 4. The van der Waals surface area contributed by atoms with Crippen LogP contribution in [0.5, 0.6) is 0 Å². The number of likely N-dealkylation sites (N-methyl/N-ethyl adjacent to an activating group) is 1. The number of amides is 1. The third-order valence-corrected chi connectivity index (χ3v) is 4.25. The van der Waals surface area contributed by atoms with Gasteiger partial charge in [-0.3, -0.25) is 9.59 Å². The van der Waals surface area contributed by atoms with Crippen LogP contribution in [0.3, 0.4) is 0 Å². The number of carboxylic acid groups (broad SMARTS) is 1. The minimum absolute atomic E-state index is 0.00973. The van der Waals surface area contributed by atoms with Gasteiger partial charge in [-0.15, -0.1) is 0 Å². The van der Waals surface area contributed by atoms with Crippen LogP contribution in [0.4, 0.5) is 0 Å². The molecule has 1 saturated heterocycles. The summed E-state index contributed by atoms with van der Waals surface area (Å²) in [4.78, 5) is 23.3. The first-order valence-electron chi connectivity index (χ1n) is 7.46. The van der Waals surface area contributed by atoms with Gasteiger partial charge in [0.05, 0.1) is 25.0 Å². The average Bonchev–Trinajstić information content (AvgIpc) is 2.88. The largest absolute Gasteiger partial charge is 0.481 e. The molecule has 0 aromatic rings. The van der Waals surface area contributed by atoms with Gasteiger partial charge < -0.3 is 20.5 Å². The summed E-state index contributed by atoms with van der Waals surface area (Å²) in [6, 6.07) is 0.0547. The lowest BCUT2D eigenvalue weighted by atomic mass is 9.85. The first-order chi connectivity index (χ1) is 9.61. The Hall–Kier alpha value is -1.14. The monoisotopic (exact) mass is 284 g/mol. The summed E-state index contributed by atoms with van der Waals surface area (Å²) in [5, 5.41) is 15.3. The molecule has 6 nitrogen and oxygen atoms in total. The van der Waals surface area contributed by atoms with E-state index in [0.29, 0.717) is 26.1 Å². The zero-order valence-electron chi connectivity index (χ0n) is 11.9. The van der Waals surface area contributed by atoms with E-state index in [2.05, 4.69) is 10.6 Å². The molecule has 0 aromatic heterocycles. The second kappa shape index (κ2) is 7.04. The highest BCUT2D eigenvalue weighted by Gasteiger charge is 2.35. The molecule has 20 heavy (non-hydrogen) atoms. The summed E-state index contributed by atoms with van der Waals surface area (Å²) in [6.07, 6.45) is 2.99. The fourth-order valence-corrected chi connectivity index (χ4v) is 3.13. The van der Waals surface area contributed by atoms with E-state index in [9.17, 15) is 9.59 Å². The lowest BCUT2D eigenvalue weighted by molar-refractivity contribution is -0.143. The van der Waals surface area contributed by atoms with Crippen molar-refractivity contribution in [2.24, 2.45) is 11.8 Å². The number of carboxylic acids is 1. The van der Waals surface area contributed by atoms with Gasteiger partial charge in [0.15, 0.2) is 0 Å². The molecule has 1 amide bonds. The lowest BCUT2D eigenvalue weighted by Gasteiger charge is -2.29. The van der Waals surface area contributed by atoms with Crippen molar-refractivity contribution in [3.8, 4) is 0 Å². The second-order valence-corrected chi connectivity index (χ2v) is 5.72. The highest BCUT2D eigenvalue weighted by atomic mass is 16.5. The Kier molecular flexibility index (Phi) is 5.37. The van der Waals surface area contributed by atoms with E-state index in [1.54, 1.807) is 0 Å². The van der Waals surface area contributed by atoms with Crippen LogP contribution in [0.2, 0.25) is 0 Å². The van der Waals surface area contributed by atoms with Crippen molar-refractivity contribution in [1.29, 1.82) is 0 Å². The molecule has 1 aliphatic carbocycles. The number of ether oxygens (including phenoxy) is 1. The molecule has 2 fully saturated rings. The smallest absolute Gasteiger partial charge is 0.306 e. The number of nitrogens with one attached hydrogen (secondary N) is 2. The van der Waals surface area contributed by atoms with Gasteiger partial charge in [-0.1, -0.05) is 13.3 Å². The third kappa shape index (κ3) is 3.70. The highest BCUT2D eigenvalue weighted by Crippen LogP contribution is 2.25. The SMILES string of the molecule is CCNC1COCC1C(=O)NC1CCCC(C(=O)O)C1. The third-order valence-electron chi connectivity index (χ3n) is 4.25. The molecule has 1 aliphatic heterocycles. The van der Waals surface area contributed by atoms with E-state index in [1.165, 1.54) is 0 Å². The summed E-state index contributed by atoms with van der Waals surface area (Å²) >= 11 is 0. The maximum atomic E-state index is 12.3. The van der Waals surface area contributed by atoms with Gasteiger partial charge in [0, 0.05) is 12.1 Å². The van der Waals surface area contributed by atoms with Crippen LogP contribution in [0.25, 0.3) is 0 Å². The average molecular weight is 284 g/mol. The van der Waals surface area contributed by atoms with Crippen LogP contribution in [0, 0.1) is 11.8 Å². The van der Waals surface area contributed by atoms with Gasteiger partial charge in [0.1, 0.15) is 0 Å². The van der Waals surface area contributed by atoms with Crippen molar-refractivity contribution < 1.29 is 19.4 Å². The molecule has 114 valence electrons. The zero-order chi connectivity index (χ0) is 14.5. The number of carbonyl (C=O) groups excluding carboxylic acids is 1. The Labute approximate surface area is 119 Å². The molecular formula is C14H24N2O4. The number of rotatable bonds is 5. The van der Waals surface area contributed by atoms with E-state index in [-0.39, 0.29) is 29.8 Å². The van der Waals surface area contributed by atoms with Crippen LogP contribution in [0.1, 0.15) is 32.6 Å². The first-order valence-corrected chi connectivity index (χ1v) is 7.46. The van der Waals surface area contributed by atoms with Crippen molar-refractivity contribution >= 4 is 11.9 Å². The molecule has 2 aliphatic rings. The predicted octanol–water partition coefficient (Wildman–Crippen LogP) is 0.371. The molecule has 0 spiro atoms. The molecule has 1 heterocycles. The van der Waals surface area contributed by atoms with Crippen molar-refractivity contribution in [2.75, 3.05) is 19.8 Å². The van der Waals surface area contributed by atoms with Crippen LogP contribution in [-0.2, 0) is 14.3 Å². The molecular weight excluding hydrogens is 260 g/mol. The van der Waals surface area contributed by atoms with Gasteiger partial charge in [-0.2, -0.15) is 0 Å². The summed E-state index contributed by atoms with van der Waals surface area (Å²) in [5.41, 5.74) is 0. The van der Waals surface area contributed by atoms with Gasteiger partial charge in [0.2, 0.25) is 5.91 Å². The van der Waals surface area contributed by atoms with Crippen LogP contribution in [-0.4, -0.2) is 48.8 Å². The molecule has 1 saturated carbocycles. The van der Waals surface area contributed by atoms with Crippen molar-refractivity contribution in [1.82, 2.24) is 10.6 Å². The van der Waals surface area contributed by atoms with E-state index in [0.717, 1.165) is 19.4 Å². The lowest BCUT2D eigenvalue weighted by Crippen LogP contribution is -2.48. The van der Waals surface area contributed by atoms with Crippen LogP contribution in [0.15, 0.2) is 0 Å². The summed E-state index contributed by atoms with van der Waals surface area (Å²) in [6.45, 7) is 3.82. The standard InChI is InChI=1S/C14H24N2O4/c1-2-15-12-8-20-7-11(12)13(17)16-10-5-3-4-9(6-10)14(18)19/h9-12,15H,2-8H2,1H3,(H,16,17)(H,18,19). The van der Waals surface area contributed by atoms with Crippen LogP contribution >= 0.6 is 0 Å². The van der Waals surface area contributed by atoms with Crippen molar-refractivity contribution in [2.45, 2.75) is 44.7 Å². The quantitative estimate of drug-likeness (QED) is 0.679. The Morgan fingerprint density at radius 2 is 2.10 bits per heavy atom. The minimum Gasteiger partial charge on any atom is -0.481 e. The predicted molar refractivity (Wildman–Crippen MR) is 73.3 cm³/mol. The first kappa shape index (κ1) is 15.3. The summed E-state index contributed by atoms with van der Waals surface area (Å²) < 4.78 is 5.37. The maximum absolute atomic E-state index is 12.3. The fourth-order valence-electron chi connectivity index (χ4n) is 3.13. The molecule has 6 heteroatoms. The molecule has 4 unspecified atom stereocenters. The Morgan fingerprint density at radius 1 is 1.30 bits per heavy atom. The molecule has 2 rings (SSSR count). The van der Waals surface area contributed by atoms with Crippen LogP contribution < -0.4 is 10.6 Å². The van der Waals surface area contributed by atoms with E-state index >= 15 is 0 Å². The van der Waals surface area contributed by atoms with E-state index in [4.69, 9.17) is 9.84 Å². The fraction of sp³-hybridized carbons (Fsp3) is 0.857. The maximum Gasteiger partial charge on any atom is 0.306 e. The highest BCUT2D eigenvalue weighted by molar-refractivity contribution is 5.80. The number of aliphatic carboxylic acids is 1. The number of hydrogen-bond donors (Lipinski definition) is 3. The Bertz CT molecular complexity index is 361. The zero-order valence-corrected chi connectivity index (χ0v) is 11.9. The Balaban J connectivity index is 1.85. The molecule has 0 radical (unpaired) electrons. The summed E-state index contributed by atoms with van der Waals surface area (Å²) in [5.74, 6) is -1.25. The number of carbonyl (C=O) groups is 2. The topological polar surface area (TPSA) is 87.7 Å². The van der Waals surface area contributed by atoms with E-state index in [1.807, 2.05) is 6.92 Å². The Morgan fingerprint density at radius 3 is 2.80 bits per heavy atom. The second-order valence-electron chi connectivity index (χ2n) is 5.72. The normalized spacial score (nSPS) is 33.9. The molecule has 0 bridgehead atoms. The van der Waals surface area contributed by atoms with Gasteiger partial charge in [-0.25, -0.2) is 0 Å². The summed E-state index contributed by atoms with van der Waals surface area (Å²) in [7, 11) is 0. The molecule has 0 aromatic carbocycles. The van der Waals surface area contributed by atoms with Crippen molar-refractivity contribution in [3.05, 3.63) is 0 Å². The molecule has 3 N–H and O–H groups in total. The van der Waals surface area contributed by atoms with Gasteiger partial charge >= 0.3 is 5.97 Å². The van der Waals surface area contributed by atoms with Gasteiger partial charge in [-0.05, 0) is 25.8 Å². The van der Waals surface area contributed by atoms with Crippen molar-refractivity contribution in [3.63, 3.8) is 0 Å². The minimum atomic E-state index is -0.751. The van der Waals surface area contributed by atoms with Gasteiger partial charge in [0.25, 0.3) is 0 Å².